The van der Waals surface area contributed by atoms with E-state index in [1.54, 1.807) is 0 Å². The van der Waals surface area contributed by atoms with Crippen LogP contribution in [0.25, 0.3) is 0 Å². The van der Waals surface area contributed by atoms with E-state index in [1.807, 2.05) is 0 Å². The third-order valence-corrected chi connectivity index (χ3v) is 3.92. The zero-order valence-electron chi connectivity index (χ0n) is 9.87. The smallest absolute Gasteiger partial charge is 0.283 e. The molecule has 2 aliphatic rings. The van der Waals surface area contributed by atoms with Gasteiger partial charge in [0.2, 0.25) is 0 Å². The Balaban J connectivity index is 2.20. The van der Waals surface area contributed by atoms with Gasteiger partial charge in [-0.15, -0.1) is 0 Å². The number of hydrogen-bond donors (Lipinski definition) is 2. The fourth-order valence-corrected chi connectivity index (χ4v) is 2.88. The molecule has 1 heterocycles. The van der Waals surface area contributed by atoms with Gasteiger partial charge in [0.25, 0.3) is 6.02 Å². The van der Waals surface area contributed by atoms with Crippen molar-refractivity contribution < 1.29 is 13.5 Å². The minimum Gasteiger partial charge on any atom is -0.462 e. The van der Waals surface area contributed by atoms with Crippen molar-refractivity contribution in [3.8, 4) is 0 Å². The summed E-state index contributed by atoms with van der Waals surface area (Å²) in [5, 5.41) is -0.153. The molecular formula is C12H12ClF2N3O. The van der Waals surface area contributed by atoms with Crippen LogP contribution >= 0.6 is 11.6 Å². The molecule has 1 fully saturated rings. The molecule has 7 heteroatoms. The molecule has 0 amide bonds. The van der Waals surface area contributed by atoms with Gasteiger partial charge in [-0.1, -0.05) is 11.6 Å². The van der Waals surface area contributed by atoms with Crippen LogP contribution in [-0.2, 0) is 10.3 Å². The first-order valence-electron chi connectivity index (χ1n) is 5.81. The van der Waals surface area contributed by atoms with Crippen LogP contribution in [0.3, 0.4) is 0 Å². The summed E-state index contributed by atoms with van der Waals surface area (Å²) in [5.41, 5.74) is 10.1. The van der Waals surface area contributed by atoms with E-state index in [2.05, 4.69) is 4.99 Å². The van der Waals surface area contributed by atoms with Crippen LogP contribution in [-0.4, -0.2) is 18.8 Å². The fraction of sp³-hybridized carbons (Fsp3) is 0.417. The predicted octanol–water partition coefficient (Wildman–Crippen LogP) is 1.96. The summed E-state index contributed by atoms with van der Waals surface area (Å²) < 4.78 is 33.1. The third kappa shape index (κ3) is 1.74. The number of aliphatic imine (C=N–C) groups is 1. The maximum atomic E-state index is 14.2. The van der Waals surface area contributed by atoms with Gasteiger partial charge >= 0.3 is 0 Å². The van der Waals surface area contributed by atoms with Crippen LogP contribution in [0.15, 0.2) is 17.1 Å². The number of amidine groups is 1. The third-order valence-electron chi connectivity index (χ3n) is 3.65. The quantitative estimate of drug-likeness (QED) is 0.817. The van der Waals surface area contributed by atoms with E-state index in [4.69, 9.17) is 27.8 Å². The number of anilines is 1. The van der Waals surface area contributed by atoms with Crippen molar-refractivity contribution in [3.63, 3.8) is 0 Å². The molecule has 19 heavy (non-hydrogen) atoms. The zero-order chi connectivity index (χ0) is 13.8. The summed E-state index contributed by atoms with van der Waals surface area (Å²) in [4.78, 5) is 4.01. The SMILES string of the molecule is NC1=NC(CF)(c2cc(N)cc(Cl)c2F)C2CC2O1. The van der Waals surface area contributed by atoms with Crippen LogP contribution < -0.4 is 11.5 Å². The van der Waals surface area contributed by atoms with E-state index in [0.29, 0.717) is 6.42 Å². The average molecular weight is 288 g/mol. The largest absolute Gasteiger partial charge is 0.462 e. The zero-order valence-corrected chi connectivity index (χ0v) is 10.6. The lowest BCUT2D eigenvalue weighted by Crippen LogP contribution is -2.39. The Kier molecular flexibility index (Phi) is 2.60. The van der Waals surface area contributed by atoms with Crippen molar-refractivity contribution in [2.75, 3.05) is 12.4 Å². The molecule has 3 atom stereocenters. The molecule has 1 saturated carbocycles. The van der Waals surface area contributed by atoms with E-state index >= 15 is 0 Å². The van der Waals surface area contributed by atoms with E-state index < -0.39 is 18.0 Å². The molecular weight excluding hydrogens is 276 g/mol. The number of alkyl halides is 1. The summed E-state index contributed by atoms with van der Waals surface area (Å²) in [6.45, 7) is -0.880. The highest BCUT2D eigenvalue weighted by atomic mass is 35.5. The standard InChI is InChI=1S/C12H12ClF2N3O/c13-8-2-5(16)1-7(10(8)15)12(4-14)6-3-9(6)19-11(17)18-12/h1-2,6,9H,3-4,16H2,(H2,17,18). The molecule has 1 aromatic rings. The number of nitrogens with zero attached hydrogens (tertiary/aromatic N) is 1. The van der Waals surface area contributed by atoms with E-state index in [0.717, 1.165) is 0 Å². The summed E-state index contributed by atoms with van der Waals surface area (Å²) in [6, 6.07) is 2.51. The molecule has 3 rings (SSSR count). The number of nitrogen functional groups attached to an aromatic ring is 1. The monoisotopic (exact) mass is 287 g/mol. The van der Waals surface area contributed by atoms with Crippen molar-refractivity contribution in [2.45, 2.75) is 18.1 Å². The molecule has 0 aromatic heterocycles. The topological polar surface area (TPSA) is 73.6 Å². The number of ether oxygens (including phenoxy) is 1. The average Bonchev–Trinajstić information content (AvgIpc) is 3.12. The molecule has 0 spiro atoms. The maximum Gasteiger partial charge on any atom is 0.283 e. The minimum atomic E-state index is -1.38. The molecule has 0 saturated heterocycles. The van der Waals surface area contributed by atoms with Crippen molar-refractivity contribution in [1.29, 1.82) is 0 Å². The second kappa shape index (κ2) is 3.96. The van der Waals surface area contributed by atoms with Gasteiger partial charge in [0.1, 0.15) is 24.1 Å². The summed E-state index contributed by atoms with van der Waals surface area (Å²) >= 11 is 5.77. The Hall–Kier alpha value is -1.56. The Bertz CT molecular complexity index is 580. The number of hydrogen-bond acceptors (Lipinski definition) is 4. The number of rotatable bonds is 2. The Morgan fingerprint density at radius 2 is 2.21 bits per heavy atom. The number of nitrogens with two attached hydrogens (primary N) is 2. The molecule has 0 radical (unpaired) electrons. The number of benzene rings is 1. The second-order valence-corrected chi connectivity index (χ2v) is 5.28. The summed E-state index contributed by atoms with van der Waals surface area (Å²) in [6.07, 6.45) is 0.368. The van der Waals surface area contributed by atoms with Gasteiger partial charge in [-0.2, -0.15) is 0 Å². The van der Waals surface area contributed by atoms with E-state index in [-0.39, 0.29) is 34.3 Å². The van der Waals surface area contributed by atoms with Gasteiger partial charge in [0, 0.05) is 17.2 Å². The van der Waals surface area contributed by atoms with Crippen molar-refractivity contribution in [2.24, 2.45) is 16.6 Å². The lowest BCUT2D eigenvalue weighted by Gasteiger charge is -2.31. The Labute approximate surface area is 113 Å². The van der Waals surface area contributed by atoms with E-state index in [1.165, 1.54) is 12.1 Å². The highest BCUT2D eigenvalue weighted by Gasteiger charge is 2.60. The predicted molar refractivity (Wildman–Crippen MR) is 68.1 cm³/mol. The highest BCUT2D eigenvalue weighted by molar-refractivity contribution is 6.31. The molecule has 1 aromatic carbocycles. The molecule has 0 bridgehead atoms. The molecule has 1 aliphatic heterocycles. The molecule has 4 nitrogen and oxygen atoms in total. The first-order chi connectivity index (χ1) is 8.98. The Morgan fingerprint density at radius 3 is 2.89 bits per heavy atom. The number of fused-ring (bicyclic) bond motifs is 1. The molecule has 1 aliphatic carbocycles. The lowest BCUT2D eigenvalue weighted by atomic mass is 9.85. The summed E-state index contributed by atoms with van der Waals surface area (Å²) in [5.74, 6) is -0.949. The van der Waals surface area contributed by atoms with Crippen LogP contribution in [0.2, 0.25) is 5.02 Å². The normalized spacial score (nSPS) is 32.3. The van der Waals surface area contributed by atoms with Crippen LogP contribution in [0.1, 0.15) is 12.0 Å². The summed E-state index contributed by atoms with van der Waals surface area (Å²) in [7, 11) is 0. The first kappa shape index (κ1) is 12.5. The molecule has 4 N–H and O–H groups in total. The van der Waals surface area contributed by atoms with Gasteiger partial charge in [0.15, 0.2) is 0 Å². The lowest BCUT2D eigenvalue weighted by molar-refractivity contribution is 0.168. The van der Waals surface area contributed by atoms with Crippen molar-refractivity contribution >= 4 is 23.3 Å². The Morgan fingerprint density at radius 1 is 1.47 bits per heavy atom. The first-order valence-corrected chi connectivity index (χ1v) is 6.18. The maximum absolute atomic E-state index is 14.2. The van der Waals surface area contributed by atoms with Gasteiger partial charge in [-0.05, 0) is 18.6 Å². The highest BCUT2D eigenvalue weighted by Crippen LogP contribution is 2.54. The van der Waals surface area contributed by atoms with Gasteiger partial charge in [-0.25, -0.2) is 13.8 Å². The van der Waals surface area contributed by atoms with Crippen LogP contribution in [0.4, 0.5) is 14.5 Å². The van der Waals surface area contributed by atoms with Gasteiger partial charge in [-0.3, -0.25) is 0 Å². The van der Waals surface area contributed by atoms with E-state index in [9.17, 15) is 8.78 Å². The van der Waals surface area contributed by atoms with Gasteiger partial charge < -0.3 is 16.2 Å². The van der Waals surface area contributed by atoms with Crippen molar-refractivity contribution in [3.05, 3.63) is 28.5 Å². The van der Waals surface area contributed by atoms with Crippen LogP contribution in [0, 0.1) is 11.7 Å². The minimum absolute atomic E-state index is 0.0405. The second-order valence-electron chi connectivity index (χ2n) is 4.87. The number of halogens is 3. The molecule has 102 valence electrons. The van der Waals surface area contributed by atoms with Crippen LogP contribution in [0.5, 0.6) is 0 Å². The molecule has 3 unspecified atom stereocenters. The fourth-order valence-electron chi connectivity index (χ4n) is 2.65. The van der Waals surface area contributed by atoms with Gasteiger partial charge in [0.05, 0.1) is 5.02 Å². The van der Waals surface area contributed by atoms with Crippen molar-refractivity contribution in [1.82, 2.24) is 0 Å².